The molecule has 0 saturated carbocycles. The van der Waals surface area contributed by atoms with E-state index >= 15 is 0 Å². The maximum absolute atomic E-state index is 8.93. The molecule has 5 nitrogen and oxygen atoms in total. The van der Waals surface area contributed by atoms with Crippen molar-refractivity contribution in [2.75, 3.05) is 24.6 Å². The quantitative estimate of drug-likeness (QED) is 0.749. The van der Waals surface area contributed by atoms with Crippen LogP contribution in [-0.4, -0.2) is 35.8 Å². The van der Waals surface area contributed by atoms with Crippen LogP contribution >= 0.6 is 22.9 Å². The highest BCUT2D eigenvalue weighted by Crippen LogP contribution is 2.29. The molecule has 0 N–H and O–H groups in total. The molecule has 1 saturated heterocycles. The van der Waals surface area contributed by atoms with Gasteiger partial charge in [-0.1, -0.05) is 0 Å². The highest BCUT2D eigenvalue weighted by molar-refractivity contribution is 7.16. The Balaban J connectivity index is 2.03. The topological polar surface area (TPSA) is 62.0 Å². The van der Waals surface area contributed by atoms with Gasteiger partial charge in [0, 0.05) is 6.54 Å². The molecular formula is C11H9ClN4OS. The molecule has 0 radical (unpaired) electrons. The zero-order valence-corrected chi connectivity index (χ0v) is 10.9. The first-order chi connectivity index (χ1) is 8.78. The number of halogens is 1. The zero-order chi connectivity index (χ0) is 12.5. The number of nitrogens with zero attached hydrogens (tertiary/aromatic N) is 4. The molecule has 7 heteroatoms. The Bertz CT molecular complexity index is 623. The molecule has 1 aliphatic heterocycles. The van der Waals surface area contributed by atoms with Crippen LogP contribution in [0.15, 0.2) is 11.4 Å². The standard InChI is InChI=1S/C11H9ClN4OS/c12-11-14-9(8-1-4-18-10(8)15-11)16-2-3-17-7(5-13)6-16/h1,4,7H,2-3,6H2. The van der Waals surface area contributed by atoms with E-state index in [0.717, 1.165) is 16.0 Å². The Morgan fingerprint density at radius 2 is 2.44 bits per heavy atom. The summed E-state index contributed by atoms with van der Waals surface area (Å²) < 4.78 is 5.33. The Morgan fingerprint density at radius 1 is 1.56 bits per heavy atom. The third-order valence-electron chi connectivity index (χ3n) is 2.79. The third kappa shape index (κ3) is 2.01. The second kappa shape index (κ2) is 4.69. The van der Waals surface area contributed by atoms with E-state index in [1.807, 2.05) is 16.3 Å². The molecule has 1 fully saturated rings. The van der Waals surface area contributed by atoms with Gasteiger partial charge < -0.3 is 9.64 Å². The lowest BCUT2D eigenvalue weighted by Gasteiger charge is -2.30. The summed E-state index contributed by atoms with van der Waals surface area (Å²) in [6.07, 6.45) is -0.416. The summed E-state index contributed by atoms with van der Waals surface area (Å²) >= 11 is 7.46. The highest BCUT2D eigenvalue weighted by Gasteiger charge is 2.23. The summed E-state index contributed by atoms with van der Waals surface area (Å²) in [6.45, 7) is 1.73. The van der Waals surface area contributed by atoms with Gasteiger partial charge in [0.05, 0.1) is 24.6 Å². The molecule has 2 aromatic heterocycles. The van der Waals surface area contributed by atoms with Crippen molar-refractivity contribution in [3.63, 3.8) is 0 Å². The molecule has 1 aliphatic rings. The Morgan fingerprint density at radius 3 is 3.28 bits per heavy atom. The van der Waals surface area contributed by atoms with Gasteiger partial charge in [-0.25, -0.2) is 4.98 Å². The van der Waals surface area contributed by atoms with E-state index < -0.39 is 6.10 Å². The summed E-state index contributed by atoms with van der Waals surface area (Å²) in [7, 11) is 0. The number of anilines is 1. The number of hydrogen-bond acceptors (Lipinski definition) is 6. The molecule has 1 atom stereocenters. The van der Waals surface area contributed by atoms with Crippen LogP contribution in [0.4, 0.5) is 5.82 Å². The van der Waals surface area contributed by atoms with Crippen molar-refractivity contribution in [3.8, 4) is 6.07 Å². The number of ether oxygens (including phenoxy) is 1. The van der Waals surface area contributed by atoms with Crippen LogP contribution in [0.5, 0.6) is 0 Å². The molecular weight excluding hydrogens is 272 g/mol. The van der Waals surface area contributed by atoms with Crippen molar-refractivity contribution < 1.29 is 4.74 Å². The third-order valence-corrected chi connectivity index (χ3v) is 3.76. The van der Waals surface area contributed by atoms with E-state index in [2.05, 4.69) is 16.0 Å². The fourth-order valence-electron chi connectivity index (χ4n) is 1.98. The number of fused-ring (bicyclic) bond motifs is 1. The normalized spacial score (nSPS) is 20.0. The second-order valence-corrected chi connectivity index (χ2v) is 5.12. The van der Waals surface area contributed by atoms with Gasteiger partial charge in [0.1, 0.15) is 10.6 Å². The van der Waals surface area contributed by atoms with Crippen LogP contribution < -0.4 is 4.90 Å². The zero-order valence-electron chi connectivity index (χ0n) is 9.34. The largest absolute Gasteiger partial charge is 0.360 e. The minimum Gasteiger partial charge on any atom is -0.360 e. The Kier molecular flexibility index (Phi) is 3.04. The van der Waals surface area contributed by atoms with Crippen LogP contribution in [0.1, 0.15) is 0 Å². The SMILES string of the molecule is N#CC1CN(c2nc(Cl)nc3sccc23)CCO1. The monoisotopic (exact) mass is 280 g/mol. The lowest BCUT2D eigenvalue weighted by atomic mass is 10.2. The van der Waals surface area contributed by atoms with Crippen molar-refractivity contribution in [2.45, 2.75) is 6.10 Å². The first-order valence-corrected chi connectivity index (χ1v) is 6.70. The number of nitriles is 1. The first-order valence-electron chi connectivity index (χ1n) is 5.45. The predicted octanol–water partition coefficient (Wildman–Crippen LogP) is 2.07. The minimum absolute atomic E-state index is 0.236. The summed E-state index contributed by atoms with van der Waals surface area (Å²) in [5, 5.41) is 12.1. The van der Waals surface area contributed by atoms with Crippen LogP contribution in [-0.2, 0) is 4.74 Å². The molecule has 3 heterocycles. The van der Waals surface area contributed by atoms with E-state index in [-0.39, 0.29) is 5.28 Å². The number of thiophene rings is 1. The predicted molar refractivity (Wildman–Crippen MR) is 70.0 cm³/mol. The molecule has 1 unspecified atom stereocenters. The van der Waals surface area contributed by atoms with Crippen molar-refractivity contribution in [1.82, 2.24) is 9.97 Å². The van der Waals surface area contributed by atoms with E-state index in [0.29, 0.717) is 19.7 Å². The molecule has 0 amide bonds. The van der Waals surface area contributed by atoms with Gasteiger partial charge in [-0.15, -0.1) is 11.3 Å². The molecule has 18 heavy (non-hydrogen) atoms. The lowest BCUT2D eigenvalue weighted by Crippen LogP contribution is -2.42. The summed E-state index contributed by atoms with van der Waals surface area (Å²) in [5.74, 6) is 0.787. The van der Waals surface area contributed by atoms with Gasteiger partial charge in [-0.3, -0.25) is 0 Å². The van der Waals surface area contributed by atoms with Crippen LogP contribution in [0, 0.1) is 11.3 Å². The Labute approximate surface area is 113 Å². The molecule has 0 aliphatic carbocycles. The maximum Gasteiger partial charge on any atom is 0.225 e. The van der Waals surface area contributed by atoms with Gasteiger partial charge in [0.2, 0.25) is 5.28 Å². The van der Waals surface area contributed by atoms with E-state index in [1.165, 1.54) is 11.3 Å². The molecule has 2 aromatic rings. The van der Waals surface area contributed by atoms with Crippen LogP contribution in [0.25, 0.3) is 10.2 Å². The number of aromatic nitrogens is 2. The fourth-order valence-corrected chi connectivity index (χ4v) is 2.95. The average Bonchev–Trinajstić information content (AvgIpc) is 2.85. The maximum atomic E-state index is 8.93. The van der Waals surface area contributed by atoms with Gasteiger partial charge in [0.15, 0.2) is 6.10 Å². The average molecular weight is 281 g/mol. The van der Waals surface area contributed by atoms with E-state index in [1.54, 1.807) is 0 Å². The first kappa shape index (κ1) is 11.7. The number of rotatable bonds is 1. The second-order valence-electron chi connectivity index (χ2n) is 3.89. The lowest BCUT2D eigenvalue weighted by molar-refractivity contribution is 0.0762. The van der Waals surface area contributed by atoms with Crippen LogP contribution in [0.3, 0.4) is 0 Å². The number of morpholine rings is 1. The van der Waals surface area contributed by atoms with Crippen LogP contribution in [0.2, 0.25) is 5.28 Å². The summed E-state index contributed by atoms with van der Waals surface area (Å²) in [5.41, 5.74) is 0. The van der Waals surface area contributed by atoms with Crippen molar-refractivity contribution in [1.29, 1.82) is 5.26 Å². The smallest absolute Gasteiger partial charge is 0.225 e. The van der Waals surface area contributed by atoms with Gasteiger partial charge in [-0.2, -0.15) is 10.2 Å². The molecule has 92 valence electrons. The number of hydrogen-bond donors (Lipinski definition) is 0. The fraction of sp³-hybridized carbons (Fsp3) is 0.364. The van der Waals surface area contributed by atoms with Gasteiger partial charge >= 0.3 is 0 Å². The van der Waals surface area contributed by atoms with Crippen molar-refractivity contribution >= 4 is 39.0 Å². The molecule has 3 rings (SSSR count). The van der Waals surface area contributed by atoms with Crippen molar-refractivity contribution in [2.24, 2.45) is 0 Å². The Hall–Kier alpha value is -1.42. The summed E-state index contributed by atoms with van der Waals surface area (Å²) in [6, 6.07) is 4.10. The van der Waals surface area contributed by atoms with Crippen molar-refractivity contribution in [3.05, 3.63) is 16.7 Å². The summed E-state index contributed by atoms with van der Waals surface area (Å²) in [4.78, 5) is 11.4. The highest BCUT2D eigenvalue weighted by atomic mass is 35.5. The van der Waals surface area contributed by atoms with Gasteiger partial charge in [-0.05, 0) is 23.0 Å². The van der Waals surface area contributed by atoms with E-state index in [9.17, 15) is 0 Å². The van der Waals surface area contributed by atoms with E-state index in [4.69, 9.17) is 21.6 Å². The van der Waals surface area contributed by atoms with Gasteiger partial charge in [0.25, 0.3) is 0 Å². The molecule has 0 bridgehead atoms. The molecule has 0 aromatic carbocycles. The molecule has 0 spiro atoms. The minimum atomic E-state index is -0.416.